The third-order valence-electron chi connectivity index (χ3n) is 4.43. The Balaban J connectivity index is 1.88. The fourth-order valence-corrected chi connectivity index (χ4v) is 3.29. The Bertz CT molecular complexity index is 572. The molecule has 1 aromatic rings. The molecule has 25 heavy (non-hydrogen) atoms. The van der Waals surface area contributed by atoms with Gasteiger partial charge in [0, 0.05) is 21.2 Å². The molecule has 0 aliphatic heterocycles. The van der Waals surface area contributed by atoms with Crippen molar-refractivity contribution in [1.82, 2.24) is 4.90 Å². The molecule has 1 aromatic carbocycles. The highest BCUT2D eigenvalue weighted by Crippen LogP contribution is 2.30. The van der Waals surface area contributed by atoms with Crippen molar-refractivity contribution >= 4 is 26.7 Å². The number of hydrogen-bond donors (Lipinski definition) is 2. The lowest BCUT2D eigenvalue weighted by Crippen LogP contribution is -2.36. The van der Waals surface area contributed by atoms with Gasteiger partial charge in [0.15, 0.2) is 0 Å². The molecule has 1 aliphatic rings. The average molecular weight is 363 g/mol. The van der Waals surface area contributed by atoms with E-state index in [1.807, 2.05) is 17.0 Å². The first-order valence-electron chi connectivity index (χ1n) is 9.11. The number of nitrogens with zero attached hydrogens (tertiary/aromatic N) is 1. The van der Waals surface area contributed by atoms with E-state index in [-0.39, 0.29) is 6.09 Å². The number of carbonyl (C=O) groups excluding carboxylic acids is 1. The Hall–Kier alpha value is -1.31. The Labute approximate surface area is 152 Å². The summed E-state index contributed by atoms with van der Waals surface area (Å²) in [5.41, 5.74) is 1.46. The summed E-state index contributed by atoms with van der Waals surface area (Å²) in [7, 11) is -2.67. The van der Waals surface area contributed by atoms with Gasteiger partial charge in [0.1, 0.15) is 0 Å². The molecule has 0 unspecified atom stereocenters. The highest BCUT2D eigenvalue weighted by atomic mass is 28.3. The molecule has 0 heterocycles. The van der Waals surface area contributed by atoms with Crippen molar-refractivity contribution in [3.05, 3.63) is 29.8 Å². The van der Waals surface area contributed by atoms with Gasteiger partial charge in [-0.2, -0.15) is 0 Å². The summed E-state index contributed by atoms with van der Waals surface area (Å²) in [5, 5.41) is 18.6. The zero-order valence-corrected chi connectivity index (χ0v) is 16.6. The zero-order chi connectivity index (χ0) is 18.4. The maximum atomic E-state index is 12.4. The number of ether oxygens (including phenoxy) is 1. The van der Waals surface area contributed by atoms with Gasteiger partial charge < -0.3 is 19.7 Å². The van der Waals surface area contributed by atoms with Crippen LogP contribution in [0.2, 0.25) is 25.7 Å². The second kappa shape index (κ2) is 8.87. The van der Waals surface area contributed by atoms with E-state index in [0.717, 1.165) is 18.2 Å². The average Bonchev–Trinajstić information content (AvgIpc) is 3.34. The molecular weight excluding hydrogens is 333 g/mol. The molecule has 2 N–H and O–H groups in total. The molecule has 0 bridgehead atoms. The molecule has 0 aromatic heterocycles. The zero-order valence-electron chi connectivity index (χ0n) is 15.6. The van der Waals surface area contributed by atoms with Crippen molar-refractivity contribution in [2.75, 3.05) is 19.7 Å². The summed E-state index contributed by atoms with van der Waals surface area (Å²) in [6.45, 7) is 8.66. The third-order valence-corrected chi connectivity index (χ3v) is 6.14. The van der Waals surface area contributed by atoms with Crippen LogP contribution >= 0.6 is 0 Å². The number of hydrogen-bond acceptors (Lipinski definition) is 4. The Kier molecular flexibility index (Phi) is 7.10. The van der Waals surface area contributed by atoms with Crippen molar-refractivity contribution in [1.29, 1.82) is 0 Å². The van der Waals surface area contributed by atoms with Crippen LogP contribution in [0, 0.1) is 5.92 Å². The molecule has 0 saturated heterocycles. The van der Waals surface area contributed by atoms with E-state index in [1.54, 1.807) is 12.1 Å². The number of carbonyl (C=O) groups is 1. The normalized spacial score (nSPS) is 14.3. The quantitative estimate of drug-likeness (QED) is 0.660. The fraction of sp³-hybridized carbons (Fsp3) is 0.611. The largest absolute Gasteiger partial charge is 0.488 e. The number of amides is 1. The molecule has 7 heteroatoms. The van der Waals surface area contributed by atoms with Crippen molar-refractivity contribution in [3.63, 3.8) is 0 Å². The first-order chi connectivity index (χ1) is 11.7. The van der Waals surface area contributed by atoms with E-state index in [2.05, 4.69) is 19.6 Å². The second-order valence-electron chi connectivity index (χ2n) is 8.18. The predicted molar refractivity (Wildman–Crippen MR) is 104 cm³/mol. The van der Waals surface area contributed by atoms with Crippen LogP contribution in [0.4, 0.5) is 4.79 Å². The lowest BCUT2D eigenvalue weighted by molar-refractivity contribution is 0.105. The molecule has 0 radical (unpaired) electrons. The maximum Gasteiger partial charge on any atom is 0.488 e. The Morgan fingerprint density at radius 3 is 2.64 bits per heavy atom. The molecular formula is C18H30BNO4Si. The molecule has 0 atom stereocenters. The SMILES string of the molecule is C[Si](C)(C)CCOC(=O)N(CCc1cccc(B(O)O)c1)CC1CC1. The Morgan fingerprint density at radius 2 is 2.04 bits per heavy atom. The summed E-state index contributed by atoms with van der Waals surface area (Å²) in [6, 6.07) is 8.18. The van der Waals surface area contributed by atoms with Gasteiger partial charge in [-0.25, -0.2) is 4.79 Å². The highest BCUT2D eigenvalue weighted by Gasteiger charge is 2.27. The van der Waals surface area contributed by atoms with Gasteiger partial charge in [-0.3, -0.25) is 0 Å². The first kappa shape index (κ1) is 20.0. The molecule has 5 nitrogen and oxygen atoms in total. The van der Waals surface area contributed by atoms with E-state index in [0.29, 0.717) is 31.0 Å². The lowest BCUT2D eigenvalue weighted by Gasteiger charge is -2.23. The number of rotatable bonds is 9. The molecule has 1 saturated carbocycles. The predicted octanol–water partition coefficient (Wildman–Crippen LogP) is 2.10. The molecule has 0 spiro atoms. The molecule has 1 amide bonds. The van der Waals surface area contributed by atoms with Gasteiger partial charge >= 0.3 is 13.2 Å². The van der Waals surface area contributed by atoms with Crippen molar-refractivity contribution in [3.8, 4) is 0 Å². The van der Waals surface area contributed by atoms with Crippen LogP contribution in [-0.4, -0.2) is 55.9 Å². The van der Waals surface area contributed by atoms with Crippen LogP contribution in [0.15, 0.2) is 24.3 Å². The van der Waals surface area contributed by atoms with Gasteiger partial charge in [-0.1, -0.05) is 43.9 Å². The van der Waals surface area contributed by atoms with Crippen LogP contribution in [0.25, 0.3) is 0 Å². The monoisotopic (exact) mass is 363 g/mol. The van der Waals surface area contributed by atoms with E-state index in [1.165, 1.54) is 12.8 Å². The summed E-state index contributed by atoms with van der Waals surface area (Å²) >= 11 is 0. The van der Waals surface area contributed by atoms with E-state index in [4.69, 9.17) is 4.74 Å². The minimum Gasteiger partial charge on any atom is -0.450 e. The number of benzene rings is 1. The summed E-state index contributed by atoms with van der Waals surface area (Å²) in [6.07, 6.45) is 2.83. The van der Waals surface area contributed by atoms with Gasteiger partial charge in [0.05, 0.1) is 6.61 Å². The van der Waals surface area contributed by atoms with E-state index < -0.39 is 15.2 Å². The Morgan fingerprint density at radius 1 is 1.32 bits per heavy atom. The van der Waals surface area contributed by atoms with Crippen molar-refractivity contribution in [2.24, 2.45) is 5.92 Å². The summed E-state index contributed by atoms with van der Waals surface area (Å²) in [4.78, 5) is 14.2. The molecule has 2 rings (SSSR count). The van der Waals surface area contributed by atoms with Gasteiger partial charge in [0.2, 0.25) is 0 Å². The minimum atomic E-state index is -1.46. The van der Waals surface area contributed by atoms with Gasteiger partial charge in [-0.15, -0.1) is 0 Å². The molecule has 138 valence electrons. The van der Waals surface area contributed by atoms with Crippen molar-refractivity contribution < 1.29 is 19.6 Å². The molecule has 1 aliphatic carbocycles. The lowest BCUT2D eigenvalue weighted by atomic mass is 9.79. The topological polar surface area (TPSA) is 70.0 Å². The van der Waals surface area contributed by atoms with Gasteiger partial charge in [-0.05, 0) is 42.3 Å². The smallest absolute Gasteiger partial charge is 0.450 e. The van der Waals surface area contributed by atoms with Crippen LogP contribution in [0.1, 0.15) is 18.4 Å². The summed E-state index contributed by atoms with van der Waals surface area (Å²) < 4.78 is 5.50. The van der Waals surface area contributed by atoms with E-state index in [9.17, 15) is 14.8 Å². The second-order valence-corrected chi connectivity index (χ2v) is 13.8. The van der Waals surface area contributed by atoms with Crippen LogP contribution in [0.5, 0.6) is 0 Å². The minimum absolute atomic E-state index is 0.219. The van der Waals surface area contributed by atoms with Crippen LogP contribution in [-0.2, 0) is 11.2 Å². The maximum absolute atomic E-state index is 12.4. The standard InChI is InChI=1S/C18H30BNO4Si/c1-25(2,3)12-11-24-18(21)20(14-16-7-8-16)10-9-15-5-4-6-17(13-15)19(22)23/h4-6,13,16,22-23H,7-12,14H2,1-3H3. The van der Waals surface area contributed by atoms with Crippen LogP contribution < -0.4 is 5.46 Å². The van der Waals surface area contributed by atoms with E-state index >= 15 is 0 Å². The van der Waals surface area contributed by atoms with Crippen LogP contribution in [0.3, 0.4) is 0 Å². The third kappa shape index (κ3) is 7.63. The summed E-state index contributed by atoms with van der Waals surface area (Å²) in [5.74, 6) is 0.607. The molecule has 1 fully saturated rings. The highest BCUT2D eigenvalue weighted by molar-refractivity contribution is 6.76. The fourth-order valence-electron chi connectivity index (χ4n) is 2.58. The van der Waals surface area contributed by atoms with Crippen molar-refractivity contribution in [2.45, 2.75) is 44.9 Å². The first-order valence-corrected chi connectivity index (χ1v) is 12.8. The van der Waals surface area contributed by atoms with Gasteiger partial charge in [0.25, 0.3) is 0 Å².